The van der Waals surface area contributed by atoms with Crippen molar-refractivity contribution in [3.8, 4) is 0 Å². The van der Waals surface area contributed by atoms with Crippen LogP contribution < -0.4 is 10.2 Å². The summed E-state index contributed by atoms with van der Waals surface area (Å²) in [6, 6.07) is 7.32. The van der Waals surface area contributed by atoms with E-state index in [-0.39, 0.29) is 12.4 Å². The molecule has 1 aliphatic rings. The van der Waals surface area contributed by atoms with Crippen LogP contribution in [0.3, 0.4) is 0 Å². The summed E-state index contributed by atoms with van der Waals surface area (Å²) in [5, 5.41) is 2.69. The third kappa shape index (κ3) is 4.64. The molecule has 0 spiro atoms. The van der Waals surface area contributed by atoms with Crippen LogP contribution in [0.5, 0.6) is 0 Å². The lowest BCUT2D eigenvalue weighted by molar-refractivity contribution is -0.153. The highest BCUT2D eigenvalue weighted by Gasteiger charge is 2.23. The fourth-order valence-electron chi connectivity index (χ4n) is 1.83. The second-order valence-corrected chi connectivity index (χ2v) is 5.18. The Morgan fingerprint density at radius 1 is 1.22 bits per heavy atom. The van der Waals surface area contributed by atoms with Gasteiger partial charge in [0.15, 0.2) is 6.10 Å². The molecule has 0 fully saturated rings. The summed E-state index contributed by atoms with van der Waals surface area (Å²) in [5.74, 6) is -1.19. The number of esters is 1. The quantitative estimate of drug-likeness (QED) is 0.829. The summed E-state index contributed by atoms with van der Waals surface area (Å²) >= 11 is 0. The summed E-state index contributed by atoms with van der Waals surface area (Å²) in [6.45, 7) is 2.15. The molecule has 2 rings (SSSR count). The number of nitrogens with one attached hydrogen (secondary N) is 1. The topological polar surface area (TPSA) is 77.1 Å². The molecule has 1 aromatic carbocycles. The molecular formula is C16H20N2O5. The second-order valence-electron chi connectivity index (χ2n) is 5.18. The molecule has 7 nitrogen and oxygen atoms in total. The SMILES string of the molecule is CC(OC(=O)C1=COCCO1)C(=O)Nc1ccc(N(C)C)cc1. The van der Waals surface area contributed by atoms with Gasteiger partial charge in [0.25, 0.3) is 5.91 Å². The Morgan fingerprint density at radius 2 is 1.91 bits per heavy atom. The second kappa shape index (κ2) is 7.53. The molecule has 1 amide bonds. The summed E-state index contributed by atoms with van der Waals surface area (Å²) in [7, 11) is 3.86. The van der Waals surface area contributed by atoms with E-state index < -0.39 is 18.0 Å². The predicted octanol–water partition coefficient (Wildman–Crippen LogP) is 1.51. The molecular weight excluding hydrogens is 300 g/mol. The van der Waals surface area contributed by atoms with Crippen LogP contribution in [0.2, 0.25) is 0 Å². The van der Waals surface area contributed by atoms with Crippen LogP contribution in [0.1, 0.15) is 6.92 Å². The van der Waals surface area contributed by atoms with Gasteiger partial charge in [-0.15, -0.1) is 0 Å². The number of anilines is 2. The summed E-state index contributed by atoms with van der Waals surface area (Å²) in [5.41, 5.74) is 1.64. The van der Waals surface area contributed by atoms with E-state index in [9.17, 15) is 9.59 Å². The maximum Gasteiger partial charge on any atom is 0.377 e. The number of carbonyl (C=O) groups is 2. The highest BCUT2D eigenvalue weighted by Crippen LogP contribution is 2.16. The Kier molecular flexibility index (Phi) is 5.46. The number of nitrogens with zero attached hydrogens (tertiary/aromatic N) is 1. The highest BCUT2D eigenvalue weighted by molar-refractivity contribution is 5.96. The maximum atomic E-state index is 12.1. The van der Waals surface area contributed by atoms with Crippen LogP contribution >= 0.6 is 0 Å². The minimum atomic E-state index is -0.956. The Hall–Kier alpha value is -2.70. The Bertz CT molecular complexity index is 595. The third-order valence-corrected chi connectivity index (χ3v) is 3.15. The molecule has 0 saturated carbocycles. The van der Waals surface area contributed by atoms with Crippen LogP contribution in [-0.2, 0) is 23.8 Å². The molecule has 124 valence electrons. The monoisotopic (exact) mass is 320 g/mol. The molecule has 1 atom stereocenters. The van der Waals surface area contributed by atoms with E-state index in [1.165, 1.54) is 13.2 Å². The highest BCUT2D eigenvalue weighted by atomic mass is 16.6. The van der Waals surface area contributed by atoms with Crippen molar-refractivity contribution in [3.05, 3.63) is 36.3 Å². The minimum absolute atomic E-state index is 0.0359. The van der Waals surface area contributed by atoms with Crippen molar-refractivity contribution < 1.29 is 23.8 Å². The Balaban J connectivity index is 1.89. The normalized spacial score (nSPS) is 14.7. The zero-order chi connectivity index (χ0) is 16.8. The van der Waals surface area contributed by atoms with Crippen molar-refractivity contribution in [3.63, 3.8) is 0 Å². The van der Waals surface area contributed by atoms with Crippen LogP contribution in [0.25, 0.3) is 0 Å². The number of carbonyl (C=O) groups excluding carboxylic acids is 2. The molecule has 1 heterocycles. The molecule has 23 heavy (non-hydrogen) atoms. The van der Waals surface area contributed by atoms with Crippen LogP contribution in [0, 0.1) is 0 Å². The van der Waals surface area contributed by atoms with Gasteiger partial charge >= 0.3 is 5.97 Å². The first-order valence-corrected chi connectivity index (χ1v) is 7.21. The molecule has 0 radical (unpaired) electrons. The standard InChI is InChI=1S/C16H20N2O5/c1-11(23-16(20)14-10-21-8-9-22-14)15(19)17-12-4-6-13(7-5-12)18(2)3/h4-7,10-11H,8-9H2,1-3H3,(H,17,19). The number of rotatable bonds is 5. The van der Waals surface area contributed by atoms with Crippen molar-refractivity contribution in [2.75, 3.05) is 37.5 Å². The molecule has 1 unspecified atom stereocenters. The summed E-state index contributed by atoms with van der Waals surface area (Å²) < 4.78 is 15.1. The van der Waals surface area contributed by atoms with Crippen LogP contribution in [-0.4, -0.2) is 45.3 Å². The molecule has 0 aliphatic carbocycles. The van der Waals surface area contributed by atoms with Crippen LogP contribution in [0.15, 0.2) is 36.3 Å². The average molecular weight is 320 g/mol. The van der Waals surface area contributed by atoms with Gasteiger partial charge in [-0.05, 0) is 31.2 Å². The van der Waals surface area contributed by atoms with Gasteiger partial charge in [0.05, 0.1) is 0 Å². The number of hydrogen-bond acceptors (Lipinski definition) is 6. The van der Waals surface area contributed by atoms with E-state index in [2.05, 4.69) is 5.32 Å². The zero-order valence-electron chi connectivity index (χ0n) is 13.4. The predicted molar refractivity (Wildman–Crippen MR) is 84.9 cm³/mol. The molecule has 1 N–H and O–H groups in total. The first kappa shape index (κ1) is 16.7. The third-order valence-electron chi connectivity index (χ3n) is 3.15. The van der Waals surface area contributed by atoms with Gasteiger partial charge in [0.2, 0.25) is 5.76 Å². The summed E-state index contributed by atoms with van der Waals surface area (Å²) in [6.07, 6.45) is 0.235. The van der Waals surface area contributed by atoms with E-state index in [0.29, 0.717) is 12.3 Å². The molecule has 7 heteroatoms. The lowest BCUT2D eigenvalue weighted by Gasteiger charge is -2.17. The number of benzene rings is 1. The molecule has 0 saturated heterocycles. The van der Waals surface area contributed by atoms with Gasteiger partial charge in [0.1, 0.15) is 19.5 Å². The van der Waals surface area contributed by atoms with Gasteiger partial charge in [-0.3, -0.25) is 4.79 Å². The number of ether oxygens (including phenoxy) is 3. The Labute approximate surface area is 134 Å². The van der Waals surface area contributed by atoms with Crippen LogP contribution in [0.4, 0.5) is 11.4 Å². The van der Waals surface area contributed by atoms with Crippen molar-refractivity contribution in [1.29, 1.82) is 0 Å². The van der Waals surface area contributed by atoms with E-state index >= 15 is 0 Å². The van der Waals surface area contributed by atoms with Crippen molar-refractivity contribution in [2.45, 2.75) is 13.0 Å². The van der Waals surface area contributed by atoms with Gasteiger partial charge in [-0.1, -0.05) is 0 Å². The first-order chi connectivity index (χ1) is 11.0. The van der Waals surface area contributed by atoms with Gasteiger partial charge in [-0.2, -0.15) is 0 Å². The van der Waals surface area contributed by atoms with Crippen molar-refractivity contribution >= 4 is 23.3 Å². The molecule has 0 bridgehead atoms. The number of amides is 1. The summed E-state index contributed by atoms with van der Waals surface area (Å²) in [4.78, 5) is 25.8. The smallest absolute Gasteiger partial charge is 0.377 e. The van der Waals surface area contributed by atoms with Gasteiger partial charge < -0.3 is 24.4 Å². The largest absolute Gasteiger partial charge is 0.493 e. The fraction of sp³-hybridized carbons (Fsp3) is 0.375. The molecule has 0 aromatic heterocycles. The van der Waals surface area contributed by atoms with E-state index in [1.807, 2.05) is 31.1 Å². The van der Waals surface area contributed by atoms with Gasteiger partial charge in [-0.25, -0.2) is 4.79 Å². The van der Waals surface area contributed by atoms with E-state index in [1.54, 1.807) is 12.1 Å². The minimum Gasteiger partial charge on any atom is -0.493 e. The zero-order valence-corrected chi connectivity index (χ0v) is 13.4. The molecule has 1 aliphatic heterocycles. The van der Waals surface area contributed by atoms with E-state index in [4.69, 9.17) is 14.2 Å². The molecule has 1 aromatic rings. The fourth-order valence-corrected chi connectivity index (χ4v) is 1.83. The van der Waals surface area contributed by atoms with E-state index in [0.717, 1.165) is 5.69 Å². The van der Waals surface area contributed by atoms with Crippen molar-refractivity contribution in [2.24, 2.45) is 0 Å². The maximum absolute atomic E-state index is 12.1. The lowest BCUT2D eigenvalue weighted by atomic mass is 10.2. The average Bonchev–Trinajstić information content (AvgIpc) is 2.56. The number of hydrogen-bond donors (Lipinski definition) is 1. The lowest BCUT2D eigenvalue weighted by Crippen LogP contribution is -2.31. The van der Waals surface area contributed by atoms with Gasteiger partial charge in [0, 0.05) is 25.5 Å². The Morgan fingerprint density at radius 3 is 2.48 bits per heavy atom. The van der Waals surface area contributed by atoms with Crippen molar-refractivity contribution in [1.82, 2.24) is 0 Å². The first-order valence-electron chi connectivity index (χ1n) is 7.21.